The molecule has 0 spiro atoms. The zero-order chi connectivity index (χ0) is 32.8. The summed E-state index contributed by atoms with van der Waals surface area (Å²) in [4.78, 5) is 50.6. The molecular formula is C35H47N7O4. The summed E-state index contributed by atoms with van der Waals surface area (Å²) < 4.78 is 1.52. The molecular weight excluding hydrogens is 582 g/mol. The van der Waals surface area contributed by atoms with Gasteiger partial charge in [-0.15, -0.1) is 0 Å². The molecule has 2 aromatic carbocycles. The van der Waals surface area contributed by atoms with Crippen molar-refractivity contribution in [3.8, 4) is 11.3 Å². The van der Waals surface area contributed by atoms with Crippen LogP contribution in [-0.4, -0.2) is 117 Å². The zero-order valence-corrected chi connectivity index (χ0v) is 27.4. The van der Waals surface area contributed by atoms with Gasteiger partial charge in [0.05, 0.1) is 11.7 Å². The predicted molar refractivity (Wildman–Crippen MR) is 178 cm³/mol. The Labute approximate surface area is 271 Å². The molecule has 0 aliphatic carbocycles. The van der Waals surface area contributed by atoms with Gasteiger partial charge in [0.1, 0.15) is 6.33 Å². The van der Waals surface area contributed by atoms with Crippen LogP contribution in [0.5, 0.6) is 0 Å². The van der Waals surface area contributed by atoms with Crippen LogP contribution >= 0.6 is 0 Å². The van der Waals surface area contributed by atoms with E-state index in [9.17, 15) is 19.5 Å². The van der Waals surface area contributed by atoms with Crippen molar-refractivity contribution in [2.75, 3.05) is 52.9 Å². The van der Waals surface area contributed by atoms with Crippen molar-refractivity contribution in [1.82, 2.24) is 34.5 Å². The molecule has 1 atom stereocenters. The summed E-state index contributed by atoms with van der Waals surface area (Å²) in [5.74, 6) is -0.188. The maximum Gasteiger partial charge on any atom is 0.407 e. The Morgan fingerprint density at radius 2 is 1.72 bits per heavy atom. The Morgan fingerprint density at radius 1 is 0.978 bits per heavy atom. The summed E-state index contributed by atoms with van der Waals surface area (Å²) in [5.41, 5.74) is 3.02. The minimum Gasteiger partial charge on any atom is -0.465 e. The molecule has 1 aromatic heterocycles. The van der Waals surface area contributed by atoms with Crippen LogP contribution in [0.3, 0.4) is 0 Å². The number of hydrogen-bond donors (Lipinski definition) is 2. The Kier molecular flexibility index (Phi) is 10.4. The molecule has 2 N–H and O–H groups in total. The average Bonchev–Trinajstić information content (AvgIpc) is 3.55. The maximum absolute atomic E-state index is 13.3. The van der Waals surface area contributed by atoms with Gasteiger partial charge in [-0.25, -0.2) is 14.6 Å². The van der Waals surface area contributed by atoms with Crippen LogP contribution in [0.25, 0.3) is 11.3 Å². The molecule has 0 radical (unpaired) electrons. The number of benzene rings is 2. The van der Waals surface area contributed by atoms with Crippen molar-refractivity contribution in [3.63, 3.8) is 0 Å². The second-order valence-electron chi connectivity index (χ2n) is 13.5. The number of amides is 3. The van der Waals surface area contributed by atoms with E-state index in [4.69, 9.17) is 0 Å². The first-order valence-corrected chi connectivity index (χ1v) is 16.2. The third-order valence-corrected chi connectivity index (χ3v) is 9.30. The number of carboxylic acid groups (broad SMARTS) is 1. The lowest BCUT2D eigenvalue weighted by Gasteiger charge is -2.46. The quantitative estimate of drug-likeness (QED) is 0.376. The van der Waals surface area contributed by atoms with E-state index in [1.807, 2.05) is 30.1 Å². The number of imidazole rings is 1. The largest absolute Gasteiger partial charge is 0.465 e. The summed E-state index contributed by atoms with van der Waals surface area (Å²) in [5, 5.41) is 12.6. The van der Waals surface area contributed by atoms with Gasteiger partial charge >= 0.3 is 12.1 Å². The smallest absolute Gasteiger partial charge is 0.407 e. The third-order valence-electron chi connectivity index (χ3n) is 9.30. The number of piperazine rings is 1. The number of piperidine rings is 1. The number of likely N-dealkylation sites (tertiary alicyclic amines) is 1. The average molecular weight is 630 g/mol. The van der Waals surface area contributed by atoms with Gasteiger partial charge in [0.2, 0.25) is 0 Å². The Bertz CT molecular complexity index is 1490. The molecule has 11 heteroatoms. The van der Waals surface area contributed by atoms with Crippen LogP contribution < -0.4 is 5.32 Å². The van der Waals surface area contributed by atoms with Gasteiger partial charge in [0, 0.05) is 82.8 Å². The van der Waals surface area contributed by atoms with Crippen molar-refractivity contribution in [2.45, 2.75) is 52.2 Å². The lowest BCUT2D eigenvalue weighted by molar-refractivity contribution is 0.0222. The van der Waals surface area contributed by atoms with Crippen molar-refractivity contribution in [1.29, 1.82) is 0 Å². The Hall–Kier alpha value is -4.22. The molecule has 2 aliphatic rings. The highest BCUT2D eigenvalue weighted by Crippen LogP contribution is 2.28. The molecule has 3 heterocycles. The summed E-state index contributed by atoms with van der Waals surface area (Å²) in [6.45, 7) is 11.8. The fourth-order valence-electron chi connectivity index (χ4n) is 6.48. The highest BCUT2D eigenvalue weighted by molar-refractivity contribution is 5.95. The summed E-state index contributed by atoms with van der Waals surface area (Å²) in [6, 6.07) is 17.7. The van der Waals surface area contributed by atoms with E-state index in [0.29, 0.717) is 44.0 Å². The first-order valence-electron chi connectivity index (χ1n) is 16.2. The molecule has 2 fully saturated rings. The van der Waals surface area contributed by atoms with Gasteiger partial charge in [-0.05, 0) is 36.0 Å². The van der Waals surface area contributed by atoms with Gasteiger partial charge in [0.15, 0.2) is 0 Å². The second kappa shape index (κ2) is 14.5. The molecule has 3 amide bonds. The summed E-state index contributed by atoms with van der Waals surface area (Å²) in [7, 11) is 1.86. The van der Waals surface area contributed by atoms with Crippen molar-refractivity contribution >= 4 is 18.0 Å². The molecule has 2 aliphatic heterocycles. The van der Waals surface area contributed by atoms with E-state index in [0.717, 1.165) is 38.0 Å². The summed E-state index contributed by atoms with van der Waals surface area (Å²) in [6.07, 6.45) is 4.22. The standard InChI is InChI=1S/C35H47N7O4/c1-35(2,3)31-24-40(19-20-42(31)34(45)46)18-15-36-32(43)28-12-8-11-27(21-28)30-23-41(25-37-30)33(44)38(4)29-13-16-39(17-14-29)22-26-9-6-5-7-10-26/h5-12,21,23,25,29,31H,13-20,22,24H2,1-4H3,(H,36,43)(H,45,46). The third kappa shape index (κ3) is 8.13. The minimum atomic E-state index is -0.885. The lowest BCUT2D eigenvalue weighted by atomic mass is 9.84. The fraction of sp³-hybridized carbons (Fsp3) is 0.486. The topological polar surface area (TPSA) is 114 Å². The van der Waals surface area contributed by atoms with Crippen LogP contribution in [0, 0.1) is 5.41 Å². The molecule has 11 nitrogen and oxygen atoms in total. The van der Waals surface area contributed by atoms with Crippen LogP contribution in [-0.2, 0) is 6.54 Å². The van der Waals surface area contributed by atoms with E-state index >= 15 is 0 Å². The van der Waals surface area contributed by atoms with E-state index in [1.165, 1.54) is 15.0 Å². The molecule has 0 bridgehead atoms. The Morgan fingerprint density at radius 3 is 2.41 bits per heavy atom. The molecule has 2 saturated heterocycles. The normalized spacial score (nSPS) is 18.3. The van der Waals surface area contributed by atoms with E-state index < -0.39 is 6.09 Å². The molecule has 0 saturated carbocycles. The number of nitrogens with one attached hydrogen (secondary N) is 1. The van der Waals surface area contributed by atoms with Gasteiger partial charge < -0.3 is 20.2 Å². The van der Waals surface area contributed by atoms with Gasteiger partial charge in [-0.1, -0.05) is 63.2 Å². The van der Waals surface area contributed by atoms with Crippen LogP contribution in [0.4, 0.5) is 9.59 Å². The summed E-state index contributed by atoms with van der Waals surface area (Å²) >= 11 is 0. The first kappa shape index (κ1) is 33.2. The molecule has 3 aromatic rings. The van der Waals surface area contributed by atoms with Gasteiger partial charge in [-0.3, -0.25) is 19.2 Å². The molecule has 246 valence electrons. The lowest BCUT2D eigenvalue weighted by Crippen LogP contribution is -2.60. The Balaban J connectivity index is 1.12. The number of nitrogens with zero attached hydrogens (tertiary/aromatic N) is 6. The molecule has 5 rings (SSSR count). The first-order chi connectivity index (χ1) is 22.0. The highest BCUT2D eigenvalue weighted by Gasteiger charge is 2.37. The van der Waals surface area contributed by atoms with E-state index in [1.54, 1.807) is 24.7 Å². The molecule has 1 unspecified atom stereocenters. The van der Waals surface area contributed by atoms with Crippen LogP contribution in [0.15, 0.2) is 67.1 Å². The van der Waals surface area contributed by atoms with Crippen molar-refractivity contribution in [3.05, 3.63) is 78.2 Å². The SMILES string of the molecule is CN(C(=O)n1cnc(-c2cccc(C(=O)NCCN3CCN(C(=O)O)C(C(C)(C)C)C3)c2)c1)C1CCN(Cc2ccccc2)CC1. The number of aromatic nitrogens is 2. The number of rotatable bonds is 8. The monoisotopic (exact) mass is 629 g/mol. The number of carbonyl (C=O) groups is 3. The molecule has 46 heavy (non-hydrogen) atoms. The second-order valence-corrected chi connectivity index (χ2v) is 13.5. The van der Waals surface area contributed by atoms with Gasteiger partial charge in [0.25, 0.3) is 5.91 Å². The maximum atomic E-state index is 13.3. The highest BCUT2D eigenvalue weighted by atomic mass is 16.4. The minimum absolute atomic E-state index is 0.115. The number of carbonyl (C=O) groups excluding carboxylic acids is 2. The van der Waals surface area contributed by atoms with E-state index in [2.05, 4.69) is 65.1 Å². The van der Waals surface area contributed by atoms with E-state index in [-0.39, 0.29) is 29.4 Å². The predicted octanol–water partition coefficient (Wildman–Crippen LogP) is 4.55. The van der Waals surface area contributed by atoms with Crippen molar-refractivity contribution in [2.24, 2.45) is 5.41 Å². The van der Waals surface area contributed by atoms with Gasteiger partial charge in [-0.2, -0.15) is 0 Å². The van der Waals surface area contributed by atoms with Crippen LogP contribution in [0.1, 0.15) is 49.5 Å². The van der Waals surface area contributed by atoms with Crippen LogP contribution in [0.2, 0.25) is 0 Å². The number of hydrogen-bond acceptors (Lipinski definition) is 6. The zero-order valence-electron chi connectivity index (χ0n) is 27.4. The fourth-order valence-corrected chi connectivity index (χ4v) is 6.48. The van der Waals surface area contributed by atoms with Crippen molar-refractivity contribution < 1.29 is 19.5 Å².